The Balaban J connectivity index is 1.87. The summed E-state index contributed by atoms with van der Waals surface area (Å²) in [4.78, 5) is 14.2. The zero-order valence-corrected chi connectivity index (χ0v) is 12.5. The number of carbonyl (C=O) groups is 1. The van der Waals surface area contributed by atoms with E-state index in [4.69, 9.17) is 5.73 Å². The molecule has 0 atom stereocenters. The molecule has 1 aliphatic rings. The van der Waals surface area contributed by atoms with Gasteiger partial charge in [0.1, 0.15) is 0 Å². The van der Waals surface area contributed by atoms with Crippen molar-refractivity contribution in [1.82, 2.24) is 4.90 Å². The van der Waals surface area contributed by atoms with E-state index in [1.165, 1.54) is 25.7 Å². The fraction of sp³-hybridized carbons (Fsp3) is 0.588. The van der Waals surface area contributed by atoms with Gasteiger partial charge in [-0.1, -0.05) is 43.9 Å². The lowest BCUT2D eigenvalue weighted by Gasteiger charge is -2.22. The van der Waals surface area contributed by atoms with Crippen LogP contribution in [0.5, 0.6) is 0 Å². The van der Waals surface area contributed by atoms with Crippen molar-refractivity contribution in [1.29, 1.82) is 0 Å². The highest BCUT2D eigenvalue weighted by Crippen LogP contribution is 2.28. The molecule has 3 heteroatoms. The number of hydrogen-bond donors (Lipinski definition) is 1. The maximum atomic E-state index is 12.3. The molecule has 0 aromatic heterocycles. The largest absolute Gasteiger partial charge is 0.398 e. The molecular weight excluding hydrogens is 248 g/mol. The van der Waals surface area contributed by atoms with E-state index in [9.17, 15) is 4.79 Å². The third kappa shape index (κ3) is 3.99. The molecule has 0 saturated heterocycles. The second kappa shape index (κ2) is 7.32. The van der Waals surface area contributed by atoms with E-state index < -0.39 is 0 Å². The Hall–Kier alpha value is -1.51. The van der Waals surface area contributed by atoms with Crippen molar-refractivity contribution in [3.05, 3.63) is 29.8 Å². The molecule has 20 heavy (non-hydrogen) atoms. The van der Waals surface area contributed by atoms with Crippen LogP contribution >= 0.6 is 0 Å². The first-order valence-electron chi connectivity index (χ1n) is 7.82. The molecule has 1 saturated carbocycles. The molecule has 0 heterocycles. The number of para-hydroxylation sites is 1. The standard InChI is InChI=1S/C17H26N2O/c1-2-19(13-15-9-5-6-10-16(15)18)17(20)12-11-14-7-3-4-8-14/h5-6,9-10,14H,2-4,7-8,11-13,18H2,1H3. The minimum absolute atomic E-state index is 0.266. The fourth-order valence-corrected chi connectivity index (χ4v) is 3.04. The molecule has 2 N–H and O–H groups in total. The molecule has 2 rings (SSSR count). The Kier molecular flexibility index (Phi) is 5.45. The van der Waals surface area contributed by atoms with Gasteiger partial charge in [0, 0.05) is 25.2 Å². The Morgan fingerprint density at radius 2 is 2.00 bits per heavy atom. The summed E-state index contributed by atoms with van der Waals surface area (Å²) in [5, 5.41) is 0. The monoisotopic (exact) mass is 274 g/mol. The van der Waals surface area contributed by atoms with Crippen molar-refractivity contribution < 1.29 is 4.79 Å². The van der Waals surface area contributed by atoms with Crippen molar-refractivity contribution in [2.24, 2.45) is 5.92 Å². The maximum Gasteiger partial charge on any atom is 0.222 e. The van der Waals surface area contributed by atoms with Gasteiger partial charge in [-0.2, -0.15) is 0 Å². The van der Waals surface area contributed by atoms with Gasteiger partial charge in [0.15, 0.2) is 0 Å². The van der Waals surface area contributed by atoms with Crippen LogP contribution in [-0.2, 0) is 11.3 Å². The summed E-state index contributed by atoms with van der Waals surface area (Å²) in [6, 6.07) is 7.80. The van der Waals surface area contributed by atoms with Crippen LogP contribution in [0.25, 0.3) is 0 Å². The van der Waals surface area contributed by atoms with E-state index >= 15 is 0 Å². The highest BCUT2D eigenvalue weighted by atomic mass is 16.2. The van der Waals surface area contributed by atoms with Gasteiger partial charge < -0.3 is 10.6 Å². The van der Waals surface area contributed by atoms with Crippen molar-refractivity contribution in [3.63, 3.8) is 0 Å². The highest BCUT2D eigenvalue weighted by molar-refractivity contribution is 5.76. The van der Waals surface area contributed by atoms with Gasteiger partial charge in [0.2, 0.25) is 5.91 Å². The Morgan fingerprint density at radius 3 is 2.65 bits per heavy atom. The van der Waals surface area contributed by atoms with Gasteiger partial charge in [-0.3, -0.25) is 4.79 Å². The lowest BCUT2D eigenvalue weighted by Crippen LogP contribution is -2.30. The van der Waals surface area contributed by atoms with Crippen molar-refractivity contribution in [2.45, 2.75) is 52.0 Å². The molecule has 0 spiro atoms. The summed E-state index contributed by atoms with van der Waals surface area (Å²) in [5.41, 5.74) is 7.78. The number of anilines is 1. The summed E-state index contributed by atoms with van der Waals surface area (Å²) in [6.45, 7) is 3.41. The Labute approximate surface area is 122 Å². The average Bonchev–Trinajstić information content (AvgIpc) is 2.97. The lowest BCUT2D eigenvalue weighted by molar-refractivity contribution is -0.131. The van der Waals surface area contributed by atoms with Crippen LogP contribution in [-0.4, -0.2) is 17.4 Å². The van der Waals surface area contributed by atoms with Crippen molar-refractivity contribution in [2.75, 3.05) is 12.3 Å². The molecule has 1 amide bonds. The van der Waals surface area contributed by atoms with E-state index in [0.717, 1.165) is 30.1 Å². The van der Waals surface area contributed by atoms with Gasteiger partial charge >= 0.3 is 0 Å². The zero-order valence-electron chi connectivity index (χ0n) is 12.5. The fourth-order valence-electron chi connectivity index (χ4n) is 3.04. The number of rotatable bonds is 6. The van der Waals surface area contributed by atoms with E-state index in [-0.39, 0.29) is 5.91 Å². The van der Waals surface area contributed by atoms with E-state index in [2.05, 4.69) is 0 Å². The molecule has 0 aliphatic heterocycles. The highest BCUT2D eigenvalue weighted by Gasteiger charge is 2.18. The maximum absolute atomic E-state index is 12.3. The SMILES string of the molecule is CCN(Cc1ccccc1N)C(=O)CCC1CCCC1. The van der Waals surface area contributed by atoms with Crippen molar-refractivity contribution in [3.8, 4) is 0 Å². The summed E-state index contributed by atoms with van der Waals surface area (Å²) in [6.07, 6.45) is 7.05. The lowest BCUT2D eigenvalue weighted by atomic mass is 10.0. The number of nitrogen functional groups attached to an aromatic ring is 1. The summed E-state index contributed by atoms with van der Waals surface area (Å²) in [5.74, 6) is 1.04. The first-order valence-corrected chi connectivity index (χ1v) is 7.82. The minimum Gasteiger partial charge on any atom is -0.398 e. The molecule has 1 aliphatic carbocycles. The molecule has 3 nitrogen and oxygen atoms in total. The predicted octanol–water partition coefficient (Wildman–Crippen LogP) is 3.59. The third-order valence-corrected chi connectivity index (χ3v) is 4.39. The van der Waals surface area contributed by atoms with Crippen LogP contribution < -0.4 is 5.73 Å². The normalized spacial score (nSPS) is 15.4. The summed E-state index contributed by atoms with van der Waals surface area (Å²) in [7, 11) is 0. The molecule has 0 radical (unpaired) electrons. The molecule has 1 fully saturated rings. The summed E-state index contributed by atoms with van der Waals surface area (Å²) >= 11 is 0. The molecule has 0 unspecified atom stereocenters. The molecule has 110 valence electrons. The molecule has 1 aromatic carbocycles. The minimum atomic E-state index is 0.266. The predicted molar refractivity (Wildman–Crippen MR) is 83.1 cm³/mol. The van der Waals surface area contributed by atoms with Crippen LogP contribution in [0.2, 0.25) is 0 Å². The first kappa shape index (κ1) is 14.9. The van der Waals surface area contributed by atoms with E-state index in [1.807, 2.05) is 36.1 Å². The quantitative estimate of drug-likeness (QED) is 0.806. The second-order valence-corrected chi connectivity index (χ2v) is 5.80. The smallest absolute Gasteiger partial charge is 0.222 e. The topological polar surface area (TPSA) is 46.3 Å². The van der Waals surface area contributed by atoms with Gasteiger partial charge in [-0.25, -0.2) is 0 Å². The van der Waals surface area contributed by atoms with Gasteiger partial charge in [-0.05, 0) is 30.9 Å². The number of carbonyl (C=O) groups excluding carboxylic acids is 1. The second-order valence-electron chi connectivity index (χ2n) is 5.80. The Bertz CT molecular complexity index is 438. The van der Waals surface area contributed by atoms with Crippen molar-refractivity contribution >= 4 is 11.6 Å². The zero-order chi connectivity index (χ0) is 14.4. The molecule has 0 bridgehead atoms. The average molecular weight is 274 g/mol. The van der Waals surface area contributed by atoms with Crippen LogP contribution in [0, 0.1) is 5.92 Å². The molecule has 1 aromatic rings. The number of amides is 1. The summed E-state index contributed by atoms with van der Waals surface area (Å²) < 4.78 is 0. The van der Waals surface area contributed by atoms with Crippen LogP contribution in [0.15, 0.2) is 24.3 Å². The number of nitrogens with zero attached hydrogens (tertiary/aromatic N) is 1. The van der Waals surface area contributed by atoms with Crippen LogP contribution in [0.4, 0.5) is 5.69 Å². The van der Waals surface area contributed by atoms with Gasteiger partial charge in [0.05, 0.1) is 0 Å². The first-order chi connectivity index (χ1) is 9.70. The number of hydrogen-bond acceptors (Lipinski definition) is 2. The van der Waals surface area contributed by atoms with Gasteiger partial charge in [-0.15, -0.1) is 0 Å². The van der Waals surface area contributed by atoms with E-state index in [0.29, 0.717) is 13.0 Å². The number of nitrogens with two attached hydrogens (primary N) is 1. The Morgan fingerprint density at radius 1 is 1.30 bits per heavy atom. The number of benzene rings is 1. The van der Waals surface area contributed by atoms with Gasteiger partial charge in [0.25, 0.3) is 0 Å². The van der Waals surface area contributed by atoms with Crippen LogP contribution in [0.3, 0.4) is 0 Å². The van der Waals surface area contributed by atoms with Crippen LogP contribution in [0.1, 0.15) is 51.0 Å². The third-order valence-electron chi connectivity index (χ3n) is 4.39. The molecular formula is C17H26N2O. The van der Waals surface area contributed by atoms with E-state index in [1.54, 1.807) is 0 Å².